The molecule has 0 bridgehead atoms. The number of nitrogens with one attached hydrogen (secondary N) is 1. The monoisotopic (exact) mass is 432 g/mol. The highest BCUT2D eigenvalue weighted by molar-refractivity contribution is 6.04. The molecule has 0 aliphatic heterocycles. The van der Waals surface area contributed by atoms with Crippen molar-refractivity contribution in [1.82, 2.24) is 19.7 Å². The van der Waals surface area contributed by atoms with Gasteiger partial charge in [-0.25, -0.2) is 5.43 Å². The molecular formula is C24H28N6O2. The first-order valence-electron chi connectivity index (χ1n) is 11.0. The van der Waals surface area contributed by atoms with Gasteiger partial charge >= 0.3 is 0 Å². The number of rotatable bonds is 10. The van der Waals surface area contributed by atoms with Gasteiger partial charge in [-0.05, 0) is 42.7 Å². The highest BCUT2D eigenvalue weighted by atomic mass is 16.5. The van der Waals surface area contributed by atoms with E-state index >= 15 is 0 Å². The minimum atomic E-state index is 0.348. The van der Waals surface area contributed by atoms with Crippen LogP contribution in [0.25, 0.3) is 22.1 Å². The molecule has 166 valence electrons. The maximum Gasteiger partial charge on any atom is 0.265 e. The summed E-state index contributed by atoms with van der Waals surface area (Å²) in [6.45, 7) is 5.81. The first kappa shape index (κ1) is 21.5. The molecule has 0 amide bonds. The fraction of sp³-hybridized carbons (Fsp3) is 0.333. The fourth-order valence-corrected chi connectivity index (χ4v) is 3.58. The molecule has 0 radical (unpaired) electrons. The molecule has 1 N–H and O–H groups in total. The molecule has 2 heterocycles. The minimum absolute atomic E-state index is 0.348. The number of para-hydroxylation sites is 1. The van der Waals surface area contributed by atoms with Crippen LogP contribution in [0, 0.1) is 0 Å². The second-order valence-electron chi connectivity index (χ2n) is 7.46. The molecule has 8 heteroatoms. The maximum atomic E-state index is 5.78. The Hall–Kier alpha value is -3.68. The van der Waals surface area contributed by atoms with E-state index in [9.17, 15) is 0 Å². The van der Waals surface area contributed by atoms with E-state index in [2.05, 4.69) is 56.3 Å². The van der Waals surface area contributed by atoms with Crippen molar-refractivity contribution >= 4 is 34.2 Å². The number of fused-ring (bicyclic) bond motifs is 3. The van der Waals surface area contributed by atoms with Crippen molar-refractivity contribution < 1.29 is 9.47 Å². The minimum Gasteiger partial charge on any atom is -0.493 e. The molecule has 0 spiro atoms. The van der Waals surface area contributed by atoms with Crippen LogP contribution in [-0.2, 0) is 6.54 Å². The van der Waals surface area contributed by atoms with E-state index in [1.807, 2.05) is 30.3 Å². The van der Waals surface area contributed by atoms with Gasteiger partial charge in [0.1, 0.15) is 5.52 Å². The summed E-state index contributed by atoms with van der Waals surface area (Å²) < 4.78 is 13.4. The van der Waals surface area contributed by atoms with E-state index in [4.69, 9.17) is 9.47 Å². The van der Waals surface area contributed by atoms with Gasteiger partial charge in [0.15, 0.2) is 17.1 Å². The largest absolute Gasteiger partial charge is 0.493 e. The molecule has 4 rings (SSSR count). The number of nitrogens with zero attached hydrogens (tertiary/aromatic N) is 5. The molecule has 4 aromatic rings. The van der Waals surface area contributed by atoms with Crippen molar-refractivity contribution in [2.75, 3.05) is 19.1 Å². The summed E-state index contributed by atoms with van der Waals surface area (Å²) >= 11 is 0. The van der Waals surface area contributed by atoms with E-state index in [-0.39, 0.29) is 0 Å². The second-order valence-corrected chi connectivity index (χ2v) is 7.46. The smallest absolute Gasteiger partial charge is 0.265 e. The van der Waals surface area contributed by atoms with Crippen molar-refractivity contribution in [3.63, 3.8) is 0 Å². The van der Waals surface area contributed by atoms with Gasteiger partial charge in [-0.15, -0.1) is 10.2 Å². The zero-order chi connectivity index (χ0) is 22.3. The van der Waals surface area contributed by atoms with Crippen LogP contribution in [0.5, 0.6) is 11.5 Å². The first-order valence-corrected chi connectivity index (χ1v) is 11.0. The first-order chi connectivity index (χ1) is 15.7. The molecule has 0 atom stereocenters. The predicted molar refractivity (Wildman–Crippen MR) is 128 cm³/mol. The van der Waals surface area contributed by atoms with Crippen LogP contribution in [0.2, 0.25) is 0 Å². The molecule has 0 aliphatic rings. The standard InChI is InChI=1S/C24H28N6O2/c1-4-6-14-32-20-12-11-17(15-21(20)31-3)16-25-28-24-26-23-22(27-29-24)18-9-7-8-10-19(18)30(23)13-5-2/h7-12,15-16H,4-6,13-14H2,1-3H3,(H,26,28,29)/b25-16+. The third-order valence-corrected chi connectivity index (χ3v) is 5.14. The van der Waals surface area contributed by atoms with Crippen LogP contribution in [-0.4, -0.2) is 39.7 Å². The third kappa shape index (κ3) is 4.49. The molecule has 0 aliphatic carbocycles. The summed E-state index contributed by atoms with van der Waals surface area (Å²) in [6.07, 6.45) is 4.78. The average molecular weight is 433 g/mol. The topological polar surface area (TPSA) is 86.5 Å². The Morgan fingerprint density at radius 1 is 1.06 bits per heavy atom. The summed E-state index contributed by atoms with van der Waals surface area (Å²) in [5.41, 5.74) is 6.47. The molecule has 8 nitrogen and oxygen atoms in total. The van der Waals surface area contributed by atoms with E-state index < -0.39 is 0 Å². The number of hydrogen-bond acceptors (Lipinski definition) is 7. The summed E-state index contributed by atoms with van der Waals surface area (Å²) in [7, 11) is 1.63. The lowest BCUT2D eigenvalue weighted by molar-refractivity contribution is 0.288. The van der Waals surface area contributed by atoms with E-state index in [0.29, 0.717) is 18.3 Å². The molecule has 2 aromatic heterocycles. The Balaban J connectivity index is 1.54. The molecule has 2 aromatic carbocycles. The van der Waals surface area contributed by atoms with Crippen molar-refractivity contribution in [3.05, 3.63) is 48.0 Å². The van der Waals surface area contributed by atoms with E-state index in [0.717, 1.165) is 59.2 Å². The molecule has 0 saturated heterocycles. The van der Waals surface area contributed by atoms with E-state index in [1.54, 1.807) is 13.3 Å². The normalized spacial score (nSPS) is 11.5. The Morgan fingerprint density at radius 3 is 2.75 bits per heavy atom. The highest BCUT2D eigenvalue weighted by Gasteiger charge is 2.13. The number of unbranched alkanes of at least 4 members (excludes halogenated alkanes) is 1. The number of anilines is 1. The van der Waals surface area contributed by atoms with Gasteiger partial charge < -0.3 is 14.0 Å². The van der Waals surface area contributed by atoms with Crippen LogP contribution in [0.15, 0.2) is 47.6 Å². The Kier molecular flexibility index (Phi) is 6.79. The maximum absolute atomic E-state index is 5.78. The lowest BCUT2D eigenvalue weighted by Crippen LogP contribution is -2.03. The van der Waals surface area contributed by atoms with Gasteiger partial charge in [-0.2, -0.15) is 10.1 Å². The average Bonchev–Trinajstić information content (AvgIpc) is 3.13. The zero-order valence-electron chi connectivity index (χ0n) is 18.7. The molecule has 0 fully saturated rings. The molecule has 0 unspecified atom stereocenters. The lowest BCUT2D eigenvalue weighted by atomic mass is 10.2. The van der Waals surface area contributed by atoms with Crippen LogP contribution in [0.3, 0.4) is 0 Å². The number of aryl methyl sites for hydroxylation is 1. The Bertz CT molecular complexity index is 1230. The number of ether oxygens (including phenoxy) is 2. The van der Waals surface area contributed by atoms with Crippen molar-refractivity contribution in [2.45, 2.75) is 39.7 Å². The predicted octanol–water partition coefficient (Wildman–Crippen LogP) is 5.02. The highest BCUT2D eigenvalue weighted by Crippen LogP contribution is 2.28. The van der Waals surface area contributed by atoms with Gasteiger partial charge in [0.2, 0.25) is 0 Å². The van der Waals surface area contributed by atoms with Crippen molar-refractivity contribution in [3.8, 4) is 11.5 Å². The SMILES string of the molecule is CCCCOc1ccc(/C=N/Nc2nnc3c4ccccc4n(CCC)c3n2)cc1OC. The second kappa shape index (κ2) is 10.1. The lowest BCUT2D eigenvalue weighted by Gasteiger charge is -2.10. The van der Waals surface area contributed by atoms with Crippen LogP contribution >= 0.6 is 0 Å². The Labute approximate surface area is 187 Å². The van der Waals surface area contributed by atoms with Gasteiger partial charge in [-0.3, -0.25) is 0 Å². The van der Waals surface area contributed by atoms with E-state index in [1.165, 1.54) is 0 Å². The van der Waals surface area contributed by atoms with Gasteiger partial charge in [-0.1, -0.05) is 38.5 Å². The summed E-state index contributed by atoms with van der Waals surface area (Å²) in [5.74, 6) is 1.75. The third-order valence-electron chi connectivity index (χ3n) is 5.14. The summed E-state index contributed by atoms with van der Waals surface area (Å²) in [5, 5.41) is 14.0. The zero-order valence-corrected chi connectivity index (χ0v) is 18.7. The molecule has 32 heavy (non-hydrogen) atoms. The van der Waals surface area contributed by atoms with Crippen molar-refractivity contribution in [1.29, 1.82) is 0 Å². The number of benzene rings is 2. The van der Waals surface area contributed by atoms with Gasteiger partial charge in [0, 0.05) is 11.9 Å². The fourth-order valence-electron chi connectivity index (χ4n) is 3.58. The summed E-state index contributed by atoms with van der Waals surface area (Å²) in [4.78, 5) is 4.67. The van der Waals surface area contributed by atoms with Gasteiger partial charge in [0.05, 0.1) is 25.4 Å². The quantitative estimate of drug-likeness (QED) is 0.215. The number of hydrazone groups is 1. The van der Waals surface area contributed by atoms with Crippen molar-refractivity contribution in [2.24, 2.45) is 5.10 Å². The Morgan fingerprint density at radius 2 is 1.94 bits per heavy atom. The summed E-state index contributed by atoms with van der Waals surface area (Å²) in [6, 6.07) is 13.9. The van der Waals surface area contributed by atoms with Gasteiger partial charge in [0.25, 0.3) is 5.95 Å². The van der Waals surface area contributed by atoms with Crippen LogP contribution < -0.4 is 14.9 Å². The van der Waals surface area contributed by atoms with Crippen LogP contribution in [0.4, 0.5) is 5.95 Å². The number of aromatic nitrogens is 4. The molecule has 0 saturated carbocycles. The number of methoxy groups -OCH3 is 1. The van der Waals surface area contributed by atoms with Crippen LogP contribution in [0.1, 0.15) is 38.7 Å². The number of hydrogen-bond donors (Lipinski definition) is 1. The molecular weight excluding hydrogens is 404 g/mol.